The molecule has 3 N–H and O–H groups in total. The van der Waals surface area contributed by atoms with E-state index in [9.17, 15) is 21.6 Å². The molecular weight excluding hydrogens is 441 g/mol. The van der Waals surface area contributed by atoms with Crippen molar-refractivity contribution in [3.63, 3.8) is 0 Å². The van der Waals surface area contributed by atoms with Gasteiger partial charge < -0.3 is 5.73 Å². The molecule has 1 aromatic carbocycles. The van der Waals surface area contributed by atoms with Gasteiger partial charge in [0, 0.05) is 23.0 Å². The molecule has 0 fully saturated rings. The minimum absolute atomic E-state index is 0.162. The Morgan fingerprint density at radius 1 is 1.20 bits per heavy atom. The van der Waals surface area contributed by atoms with Crippen LogP contribution in [0.25, 0.3) is 26.8 Å². The molecule has 0 bridgehead atoms. The second kappa shape index (κ2) is 6.95. The van der Waals surface area contributed by atoms with Gasteiger partial charge in [0.15, 0.2) is 0 Å². The molecule has 8 nitrogen and oxygen atoms in total. The number of benzene rings is 1. The first-order valence-electron chi connectivity index (χ1n) is 8.27. The highest BCUT2D eigenvalue weighted by Crippen LogP contribution is 2.35. The van der Waals surface area contributed by atoms with E-state index in [0.717, 1.165) is 12.3 Å². The monoisotopic (exact) mass is 454 g/mol. The van der Waals surface area contributed by atoms with Gasteiger partial charge in [-0.15, -0.1) is 0 Å². The number of nitrogens with one attached hydrogen (secondary N) is 1. The van der Waals surface area contributed by atoms with Gasteiger partial charge in [-0.25, -0.2) is 22.9 Å². The minimum Gasteiger partial charge on any atom is -0.383 e. The molecule has 0 radical (unpaired) electrons. The Labute approximate surface area is 172 Å². The number of nitrogens with zero attached hydrogens (tertiary/aromatic N) is 4. The molecule has 156 valence electrons. The summed E-state index contributed by atoms with van der Waals surface area (Å²) >= 11 is 1.20. The molecule has 0 saturated heterocycles. The smallest absolute Gasteiger partial charge is 0.383 e. The first-order valence-corrected chi connectivity index (χ1v) is 11.0. The average Bonchev–Trinajstić information content (AvgIpc) is 3.19. The molecule has 3 aromatic heterocycles. The summed E-state index contributed by atoms with van der Waals surface area (Å²) in [5.74, 6) is -0.602. The standard InChI is InChI=1S/C17H13F3N6O2S2/c1-30(27,28)25-11-4-2-3-9(5-11)15-24-26-8-13(23-16(26)29-15)10-6-12(17(18,19)20)14(21)22-7-10/h2-8,25H,1H3,(H2,21,22). The van der Waals surface area contributed by atoms with Gasteiger partial charge in [-0.1, -0.05) is 23.5 Å². The SMILES string of the molecule is CS(=O)(=O)Nc1cccc(-c2nn3cc(-c4cnc(N)c(C(F)(F)F)c4)nc3s2)c1. The topological polar surface area (TPSA) is 115 Å². The molecule has 3 heterocycles. The van der Waals surface area contributed by atoms with Gasteiger partial charge in [-0.2, -0.15) is 18.3 Å². The largest absolute Gasteiger partial charge is 0.419 e. The third-order valence-electron chi connectivity index (χ3n) is 3.98. The van der Waals surface area contributed by atoms with Crippen molar-refractivity contribution < 1.29 is 21.6 Å². The van der Waals surface area contributed by atoms with Gasteiger partial charge in [-0.05, 0) is 18.2 Å². The molecule has 0 unspecified atom stereocenters. The van der Waals surface area contributed by atoms with Crippen LogP contribution >= 0.6 is 11.3 Å². The third-order valence-corrected chi connectivity index (χ3v) is 5.55. The predicted octanol–water partition coefficient (Wildman–Crippen LogP) is 3.49. The predicted molar refractivity (Wildman–Crippen MR) is 107 cm³/mol. The lowest BCUT2D eigenvalue weighted by molar-refractivity contribution is -0.137. The van der Waals surface area contributed by atoms with Crippen LogP contribution in [0, 0.1) is 0 Å². The number of sulfonamides is 1. The van der Waals surface area contributed by atoms with E-state index in [1.165, 1.54) is 28.2 Å². The summed E-state index contributed by atoms with van der Waals surface area (Å²) in [5.41, 5.74) is 5.78. The number of fused-ring (bicyclic) bond motifs is 1. The van der Waals surface area contributed by atoms with Crippen molar-refractivity contribution in [1.29, 1.82) is 0 Å². The van der Waals surface area contributed by atoms with Gasteiger partial charge in [0.25, 0.3) is 0 Å². The first kappa shape index (κ1) is 20.1. The van der Waals surface area contributed by atoms with Crippen LogP contribution in [0.2, 0.25) is 0 Å². The number of imidazole rings is 1. The Morgan fingerprint density at radius 2 is 1.97 bits per heavy atom. The third kappa shape index (κ3) is 4.07. The number of aromatic nitrogens is 4. The number of alkyl halides is 3. The van der Waals surface area contributed by atoms with Crippen LogP contribution in [0.15, 0.2) is 42.7 Å². The van der Waals surface area contributed by atoms with Gasteiger partial charge >= 0.3 is 6.18 Å². The highest BCUT2D eigenvalue weighted by molar-refractivity contribution is 7.92. The number of rotatable bonds is 4. The lowest BCUT2D eigenvalue weighted by Crippen LogP contribution is -2.10. The Morgan fingerprint density at radius 3 is 2.63 bits per heavy atom. The van der Waals surface area contributed by atoms with E-state index < -0.39 is 27.6 Å². The Bertz CT molecular complexity index is 1330. The maximum Gasteiger partial charge on any atom is 0.419 e. The lowest BCUT2D eigenvalue weighted by Gasteiger charge is -2.09. The van der Waals surface area contributed by atoms with Crippen molar-refractivity contribution in [1.82, 2.24) is 19.6 Å². The highest BCUT2D eigenvalue weighted by Gasteiger charge is 2.34. The molecule has 4 rings (SSSR count). The van der Waals surface area contributed by atoms with Gasteiger partial charge in [0.05, 0.1) is 23.7 Å². The van der Waals surface area contributed by atoms with E-state index in [2.05, 4.69) is 19.8 Å². The number of hydrogen-bond donors (Lipinski definition) is 2. The number of nitrogens with two attached hydrogens (primary N) is 1. The number of halogens is 3. The minimum atomic E-state index is -4.62. The summed E-state index contributed by atoms with van der Waals surface area (Å²) in [7, 11) is -3.42. The maximum atomic E-state index is 13.1. The molecule has 0 aliphatic rings. The van der Waals surface area contributed by atoms with Crippen LogP contribution in [0.1, 0.15) is 5.56 Å². The zero-order chi connectivity index (χ0) is 21.7. The van der Waals surface area contributed by atoms with E-state index in [1.54, 1.807) is 24.3 Å². The number of pyridine rings is 1. The quantitative estimate of drug-likeness (QED) is 0.488. The van der Waals surface area contributed by atoms with E-state index in [4.69, 9.17) is 5.73 Å². The van der Waals surface area contributed by atoms with Crippen LogP contribution in [0.3, 0.4) is 0 Å². The number of anilines is 2. The van der Waals surface area contributed by atoms with Crippen molar-refractivity contribution in [2.24, 2.45) is 0 Å². The highest BCUT2D eigenvalue weighted by atomic mass is 32.2. The molecule has 0 atom stereocenters. The molecule has 0 aliphatic carbocycles. The van der Waals surface area contributed by atoms with E-state index in [0.29, 0.717) is 21.2 Å². The normalized spacial score (nSPS) is 12.4. The molecule has 0 aliphatic heterocycles. The summed E-state index contributed by atoms with van der Waals surface area (Å²) in [5, 5.41) is 4.95. The van der Waals surface area contributed by atoms with E-state index in [1.807, 2.05) is 0 Å². The van der Waals surface area contributed by atoms with E-state index >= 15 is 0 Å². The van der Waals surface area contributed by atoms with E-state index in [-0.39, 0.29) is 11.3 Å². The van der Waals surface area contributed by atoms with Gasteiger partial charge in [0.1, 0.15) is 10.8 Å². The van der Waals surface area contributed by atoms with Crippen LogP contribution in [0.5, 0.6) is 0 Å². The van der Waals surface area contributed by atoms with Crippen molar-refractivity contribution in [3.8, 4) is 21.8 Å². The zero-order valence-electron chi connectivity index (χ0n) is 15.2. The van der Waals surface area contributed by atoms with Crippen molar-refractivity contribution in [3.05, 3.63) is 48.3 Å². The number of hydrogen-bond acceptors (Lipinski definition) is 7. The molecule has 13 heteroatoms. The fraction of sp³-hybridized carbons (Fsp3) is 0.118. The van der Waals surface area contributed by atoms with Crippen molar-refractivity contribution in [2.75, 3.05) is 16.7 Å². The number of nitrogen functional groups attached to an aromatic ring is 1. The van der Waals surface area contributed by atoms with Gasteiger partial charge in [-0.3, -0.25) is 4.72 Å². The summed E-state index contributed by atoms with van der Waals surface area (Å²) in [6.07, 6.45) is -0.866. The second-order valence-corrected chi connectivity index (χ2v) is 9.07. The Kier molecular flexibility index (Phi) is 4.66. The van der Waals surface area contributed by atoms with Crippen LogP contribution in [-0.4, -0.2) is 34.3 Å². The molecule has 0 saturated carbocycles. The summed E-state index contributed by atoms with van der Waals surface area (Å²) in [4.78, 5) is 8.39. The summed E-state index contributed by atoms with van der Waals surface area (Å²) in [6.45, 7) is 0. The second-order valence-electron chi connectivity index (χ2n) is 6.37. The molecule has 0 spiro atoms. The molecule has 0 amide bonds. The van der Waals surface area contributed by atoms with Crippen molar-refractivity contribution in [2.45, 2.75) is 6.18 Å². The zero-order valence-corrected chi connectivity index (χ0v) is 16.8. The first-order chi connectivity index (χ1) is 14.0. The maximum absolute atomic E-state index is 13.1. The van der Waals surface area contributed by atoms with Gasteiger partial charge in [0.2, 0.25) is 15.0 Å². The van der Waals surface area contributed by atoms with Crippen molar-refractivity contribution >= 4 is 37.8 Å². The van der Waals surface area contributed by atoms with Crippen LogP contribution < -0.4 is 10.5 Å². The Balaban J connectivity index is 1.68. The molecule has 30 heavy (non-hydrogen) atoms. The molecular formula is C17H13F3N6O2S2. The van der Waals surface area contributed by atoms with Crippen LogP contribution in [-0.2, 0) is 16.2 Å². The van der Waals surface area contributed by atoms with Crippen LogP contribution in [0.4, 0.5) is 24.7 Å². The average molecular weight is 454 g/mol. The summed E-state index contributed by atoms with van der Waals surface area (Å²) in [6, 6.07) is 7.56. The fourth-order valence-corrected chi connectivity index (χ4v) is 4.16. The fourth-order valence-electron chi connectivity index (χ4n) is 2.73. The molecule has 4 aromatic rings. The lowest BCUT2D eigenvalue weighted by atomic mass is 10.1. The Hall–Kier alpha value is -3.19. The summed E-state index contributed by atoms with van der Waals surface area (Å²) < 4.78 is 65.8.